The largest absolute Gasteiger partial charge is 0.481 e. The first-order valence-corrected chi connectivity index (χ1v) is 5.77. The Labute approximate surface area is 94.8 Å². The van der Waals surface area contributed by atoms with E-state index in [2.05, 4.69) is 5.32 Å². The molecule has 0 amide bonds. The molecule has 1 aliphatic rings. The Morgan fingerprint density at radius 2 is 2.00 bits per heavy atom. The number of aliphatic carboxylic acids is 2. The van der Waals surface area contributed by atoms with Crippen molar-refractivity contribution in [1.29, 1.82) is 0 Å². The maximum Gasteiger partial charge on any atom is 0.306 e. The molecule has 0 aromatic carbocycles. The summed E-state index contributed by atoms with van der Waals surface area (Å²) in [4.78, 5) is 21.1. The van der Waals surface area contributed by atoms with E-state index in [4.69, 9.17) is 10.2 Å². The van der Waals surface area contributed by atoms with Gasteiger partial charge < -0.3 is 15.5 Å². The summed E-state index contributed by atoms with van der Waals surface area (Å²) in [5.41, 5.74) is 0. The van der Waals surface area contributed by atoms with Crippen LogP contribution in [0.1, 0.15) is 38.5 Å². The fraction of sp³-hybridized carbons (Fsp3) is 0.818. The van der Waals surface area contributed by atoms with Gasteiger partial charge in [0, 0.05) is 12.5 Å². The van der Waals surface area contributed by atoms with E-state index in [0.29, 0.717) is 19.4 Å². The molecule has 1 aliphatic carbocycles. The van der Waals surface area contributed by atoms with Crippen LogP contribution in [-0.4, -0.2) is 34.7 Å². The van der Waals surface area contributed by atoms with Gasteiger partial charge in [0.2, 0.25) is 0 Å². The summed E-state index contributed by atoms with van der Waals surface area (Å²) in [5.74, 6) is -1.73. The summed E-state index contributed by atoms with van der Waals surface area (Å²) in [6.07, 6.45) is 4.14. The van der Waals surface area contributed by atoms with Gasteiger partial charge in [-0.25, -0.2) is 0 Å². The van der Waals surface area contributed by atoms with Crippen molar-refractivity contribution in [2.45, 2.75) is 44.6 Å². The molecule has 16 heavy (non-hydrogen) atoms. The zero-order valence-electron chi connectivity index (χ0n) is 9.32. The standard InChI is InChI=1S/C11H19NO4/c13-10(14)5-2-6-12-9-4-1-3-8(7-9)11(15)16/h8-9,12H,1-7H2,(H,13,14)(H,15,16). The minimum Gasteiger partial charge on any atom is -0.481 e. The van der Waals surface area contributed by atoms with Crippen molar-refractivity contribution in [3.05, 3.63) is 0 Å². The third kappa shape index (κ3) is 4.61. The first-order valence-electron chi connectivity index (χ1n) is 5.77. The summed E-state index contributed by atoms with van der Waals surface area (Å²) in [5, 5.41) is 20.6. The molecule has 1 saturated carbocycles. The van der Waals surface area contributed by atoms with Crippen LogP contribution in [0.4, 0.5) is 0 Å². The number of rotatable bonds is 6. The summed E-state index contributed by atoms with van der Waals surface area (Å²) >= 11 is 0. The molecule has 1 fully saturated rings. The second-order valence-electron chi connectivity index (χ2n) is 4.35. The molecule has 2 unspecified atom stereocenters. The van der Waals surface area contributed by atoms with Crippen molar-refractivity contribution < 1.29 is 19.8 Å². The van der Waals surface area contributed by atoms with Gasteiger partial charge in [0.15, 0.2) is 0 Å². The molecular formula is C11H19NO4. The smallest absolute Gasteiger partial charge is 0.306 e. The lowest BCUT2D eigenvalue weighted by Crippen LogP contribution is -2.37. The maximum absolute atomic E-state index is 10.8. The highest BCUT2D eigenvalue weighted by Crippen LogP contribution is 2.24. The van der Waals surface area contributed by atoms with Gasteiger partial charge >= 0.3 is 11.9 Å². The molecule has 0 bridgehead atoms. The minimum absolute atomic E-state index is 0.169. The van der Waals surface area contributed by atoms with Crippen molar-refractivity contribution in [3.8, 4) is 0 Å². The molecule has 92 valence electrons. The lowest BCUT2D eigenvalue weighted by atomic mass is 9.86. The van der Waals surface area contributed by atoms with Crippen LogP contribution in [0.5, 0.6) is 0 Å². The average Bonchev–Trinajstić information content (AvgIpc) is 2.24. The van der Waals surface area contributed by atoms with Crippen molar-refractivity contribution in [3.63, 3.8) is 0 Å². The summed E-state index contributed by atoms with van der Waals surface area (Å²) in [7, 11) is 0. The van der Waals surface area contributed by atoms with Crippen molar-refractivity contribution >= 4 is 11.9 Å². The fourth-order valence-corrected chi connectivity index (χ4v) is 2.15. The predicted octanol–water partition coefficient (Wildman–Crippen LogP) is 1.08. The molecular weight excluding hydrogens is 210 g/mol. The van der Waals surface area contributed by atoms with E-state index in [9.17, 15) is 9.59 Å². The molecule has 0 aliphatic heterocycles. The Bertz CT molecular complexity index is 254. The van der Waals surface area contributed by atoms with E-state index in [-0.39, 0.29) is 18.4 Å². The summed E-state index contributed by atoms with van der Waals surface area (Å²) < 4.78 is 0. The van der Waals surface area contributed by atoms with Crippen LogP contribution in [0.3, 0.4) is 0 Å². The molecule has 0 aromatic heterocycles. The van der Waals surface area contributed by atoms with Gasteiger partial charge in [0.05, 0.1) is 5.92 Å². The van der Waals surface area contributed by atoms with Gasteiger partial charge in [-0.2, -0.15) is 0 Å². The molecule has 2 atom stereocenters. The van der Waals surface area contributed by atoms with E-state index < -0.39 is 11.9 Å². The molecule has 0 heterocycles. The van der Waals surface area contributed by atoms with Crippen LogP contribution >= 0.6 is 0 Å². The van der Waals surface area contributed by atoms with Crippen molar-refractivity contribution in [1.82, 2.24) is 5.32 Å². The lowest BCUT2D eigenvalue weighted by molar-refractivity contribution is -0.143. The van der Waals surface area contributed by atoms with Gasteiger partial charge in [0.1, 0.15) is 0 Å². The second kappa shape index (κ2) is 6.48. The average molecular weight is 229 g/mol. The van der Waals surface area contributed by atoms with E-state index in [1.165, 1.54) is 0 Å². The first kappa shape index (κ1) is 13.0. The Hall–Kier alpha value is -1.10. The van der Waals surface area contributed by atoms with Gasteiger partial charge in [-0.05, 0) is 32.2 Å². The van der Waals surface area contributed by atoms with E-state index in [0.717, 1.165) is 19.3 Å². The predicted molar refractivity (Wildman–Crippen MR) is 58.3 cm³/mol. The maximum atomic E-state index is 10.8. The highest BCUT2D eigenvalue weighted by Gasteiger charge is 2.26. The van der Waals surface area contributed by atoms with Gasteiger partial charge in [-0.1, -0.05) is 6.42 Å². The normalized spacial score (nSPS) is 25.2. The molecule has 0 radical (unpaired) electrons. The van der Waals surface area contributed by atoms with Crippen LogP contribution in [0.15, 0.2) is 0 Å². The summed E-state index contributed by atoms with van der Waals surface area (Å²) in [6.45, 7) is 0.656. The highest BCUT2D eigenvalue weighted by molar-refractivity contribution is 5.70. The Kier molecular flexibility index (Phi) is 5.25. The third-order valence-corrected chi connectivity index (χ3v) is 3.02. The van der Waals surface area contributed by atoms with Crippen molar-refractivity contribution in [2.24, 2.45) is 5.92 Å². The molecule has 0 saturated heterocycles. The quantitative estimate of drug-likeness (QED) is 0.593. The number of carbonyl (C=O) groups is 2. The highest BCUT2D eigenvalue weighted by atomic mass is 16.4. The van der Waals surface area contributed by atoms with Crippen LogP contribution in [0, 0.1) is 5.92 Å². The monoisotopic (exact) mass is 229 g/mol. The second-order valence-corrected chi connectivity index (χ2v) is 4.35. The van der Waals surface area contributed by atoms with Crippen molar-refractivity contribution in [2.75, 3.05) is 6.54 Å². The third-order valence-electron chi connectivity index (χ3n) is 3.02. The van der Waals surface area contributed by atoms with Crippen LogP contribution in [0.2, 0.25) is 0 Å². The molecule has 0 spiro atoms. The first-order chi connectivity index (χ1) is 7.59. The van der Waals surface area contributed by atoms with Gasteiger partial charge in [-0.3, -0.25) is 9.59 Å². The molecule has 1 rings (SSSR count). The number of carboxylic acids is 2. The Morgan fingerprint density at radius 1 is 1.25 bits per heavy atom. The van der Waals surface area contributed by atoms with E-state index >= 15 is 0 Å². The number of hydrogen-bond acceptors (Lipinski definition) is 3. The van der Waals surface area contributed by atoms with Crippen LogP contribution < -0.4 is 5.32 Å². The zero-order valence-corrected chi connectivity index (χ0v) is 9.32. The topological polar surface area (TPSA) is 86.6 Å². The zero-order chi connectivity index (χ0) is 12.0. The Balaban J connectivity index is 2.17. The fourth-order valence-electron chi connectivity index (χ4n) is 2.15. The van der Waals surface area contributed by atoms with E-state index in [1.807, 2.05) is 0 Å². The molecule has 3 N–H and O–H groups in total. The van der Waals surface area contributed by atoms with Gasteiger partial charge in [-0.15, -0.1) is 0 Å². The van der Waals surface area contributed by atoms with Crippen LogP contribution in [-0.2, 0) is 9.59 Å². The SMILES string of the molecule is O=C(O)CCCNC1CCCC(C(=O)O)C1. The van der Waals surface area contributed by atoms with Crippen LogP contribution in [0.25, 0.3) is 0 Å². The molecule has 5 nitrogen and oxygen atoms in total. The lowest BCUT2D eigenvalue weighted by Gasteiger charge is -2.27. The van der Waals surface area contributed by atoms with Gasteiger partial charge in [0.25, 0.3) is 0 Å². The minimum atomic E-state index is -0.783. The summed E-state index contributed by atoms with van der Waals surface area (Å²) in [6, 6.07) is 0.239. The molecule has 0 aromatic rings. The molecule has 5 heteroatoms. The number of nitrogens with one attached hydrogen (secondary N) is 1. The van der Waals surface area contributed by atoms with E-state index in [1.54, 1.807) is 0 Å². The number of carboxylic acid groups (broad SMARTS) is 2. The number of hydrogen-bond donors (Lipinski definition) is 3. The Morgan fingerprint density at radius 3 is 2.62 bits per heavy atom.